The fourth-order valence-electron chi connectivity index (χ4n) is 5.31. The van der Waals surface area contributed by atoms with Crippen molar-refractivity contribution in [1.29, 1.82) is 0 Å². The van der Waals surface area contributed by atoms with Crippen molar-refractivity contribution in [3.05, 3.63) is 121 Å². The third-order valence-corrected chi connectivity index (χ3v) is 6.78. The molecule has 2 heteroatoms. The first kappa shape index (κ1) is 21.2. The molecule has 5 aromatic carbocycles. The second-order valence-electron chi connectivity index (χ2n) is 8.73. The maximum atomic E-state index is 2.44. The van der Waals surface area contributed by atoms with E-state index in [2.05, 4.69) is 131 Å². The van der Waals surface area contributed by atoms with Gasteiger partial charge in [0.1, 0.15) is 0 Å². The van der Waals surface area contributed by atoms with Gasteiger partial charge in [-0.05, 0) is 43.3 Å². The summed E-state index contributed by atoms with van der Waals surface area (Å²) in [6, 6.07) is 41.6. The van der Waals surface area contributed by atoms with Crippen LogP contribution in [0.3, 0.4) is 0 Å². The largest absolute Gasteiger partial charge is 0.307 e. The van der Waals surface area contributed by atoms with Gasteiger partial charge in [-0.25, -0.2) is 0 Å². The van der Waals surface area contributed by atoms with E-state index in [0.29, 0.717) is 0 Å². The molecular formula is C33H28N2. The SMILES string of the molecule is CC.Cc1ccc(-n2c3ccccc3c3ccc4c5ccccc5n(-c5ccccc5)c4c32)cc1. The zero-order valence-corrected chi connectivity index (χ0v) is 20.4. The Labute approximate surface area is 205 Å². The van der Waals surface area contributed by atoms with E-state index in [4.69, 9.17) is 0 Å². The zero-order chi connectivity index (χ0) is 23.9. The molecule has 7 aromatic rings. The Hall–Kier alpha value is -4.30. The van der Waals surface area contributed by atoms with Crippen LogP contribution in [0.25, 0.3) is 55.0 Å². The number of hydrogen-bond donors (Lipinski definition) is 0. The Bertz CT molecular complexity index is 1800. The lowest BCUT2D eigenvalue weighted by atomic mass is 10.1. The van der Waals surface area contributed by atoms with Crippen LogP contribution in [0.1, 0.15) is 19.4 Å². The summed E-state index contributed by atoms with van der Waals surface area (Å²) in [6.07, 6.45) is 0. The molecule has 2 heterocycles. The van der Waals surface area contributed by atoms with Gasteiger partial charge in [0.2, 0.25) is 0 Å². The molecule has 35 heavy (non-hydrogen) atoms. The van der Waals surface area contributed by atoms with E-state index < -0.39 is 0 Å². The number of para-hydroxylation sites is 3. The highest BCUT2D eigenvalue weighted by Gasteiger charge is 2.20. The summed E-state index contributed by atoms with van der Waals surface area (Å²) >= 11 is 0. The first-order valence-electron chi connectivity index (χ1n) is 12.4. The number of hydrogen-bond acceptors (Lipinski definition) is 0. The van der Waals surface area contributed by atoms with E-state index in [9.17, 15) is 0 Å². The Kier molecular flexibility index (Phi) is 5.15. The van der Waals surface area contributed by atoms with Crippen LogP contribution in [0.2, 0.25) is 0 Å². The van der Waals surface area contributed by atoms with Gasteiger partial charge in [0.15, 0.2) is 0 Å². The Morgan fingerprint density at radius 3 is 1.34 bits per heavy atom. The lowest BCUT2D eigenvalue weighted by molar-refractivity contribution is 1.15. The highest BCUT2D eigenvalue weighted by Crippen LogP contribution is 2.41. The van der Waals surface area contributed by atoms with Crippen LogP contribution in [0.15, 0.2) is 115 Å². The van der Waals surface area contributed by atoms with Crippen LogP contribution < -0.4 is 0 Å². The minimum Gasteiger partial charge on any atom is -0.307 e. The fraction of sp³-hybridized carbons (Fsp3) is 0.0909. The van der Waals surface area contributed by atoms with Gasteiger partial charge in [-0.1, -0.05) is 98.3 Å². The summed E-state index contributed by atoms with van der Waals surface area (Å²) in [4.78, 5) is 0. The number of fused-ring (bicyclic) bond motifs is 7. The smallest absolute Gasteiger partial charge is 0.0788 e. The molecule has 0 fully saturated rings. The standard InChI is InChI=1S/C31H22N2.C2H6/c1-21-15-17-23(18-16-21)33-29-14-8-6-12-25(29)27-20-19-26-24-11-5-7-13-28(24)32(30(26)31(27)33)22-9-3-2-4-10-22;1-2/h2-20H,1H3;1-2H3. The monoisotopic (exact) mass is 452 g/mol. The van der Waals surface area contributed by atoms with Gasteiger partial charge in [0.25, 0.3) is 0 Å². The molecule has 0 radical (unpaired) electrons. The van der Waals surface area contributed by atoms with Crippen LogP contribution in [0.4, 0.5) is 0 Å². The average molecular weight is 453 g/mol. The van der Waals surface area contributed by atoms with Crippen molar-refractivity contribution < 1.29 is 0 Å². The van der Waals surface area contributed by atoms with Crippen LogP contribution in [-0.2, 0) is 0 Å². The van der Waals surface area contributed by atoms with Crippen molar-refractivity contribution in [2.24, 2.45) is 0 Å². The molecule has 2 aromatic heterocycles. The van der Waals surface area contributed by atoms with Crippen molar-refractivity contribution in [2.45, 2.75) is 20.8 Å². The van der Waals surface area contributed by atoms with Crippen LogP contribution in [-0.4, -0.2) is 9.13 Å². The molecule has 0 aliphatic carbocycles. The maximum Gasteiger partial charge on any atom is 0.0788 e. The van der Waals surface area contributed by atoms with E-state index in [0.717, 1.165) is 0 Å². The number of aromatic nitrogens is 2. The highest BCUT2D eigenvalue weighted by molar-refractivity contribution is 6.23. The highest BCUT2D eigenvalue weighted by atomic mass is 15.0. The fourth-order valence-corrected chi connectivity index (χ4v) is 5.31. The van der Waals surface area contributed by atoms with Crippen LogP contribution in [0, 0.1) is 6.92 Å². The maximum absolute atomic E-state index is 2.44. The summed E-state index contributed by atoms with van der Waals surface area (Å²) < 4.78 is 4.86. The van der Waals surface area contributed by atoms with E-state index in [1.807, 2.05) is 13.8 Å². The Morgan fingerprint density at radius 2 is 0.829 bits per heavy atom. The molecule has 0 aliphatic heterocycles. The number of aryl methyl sites for hydroxylation is 1. The minimum absolute atomic E-state index is 1.18. The van der Waals surface area contributed by atoms with Gasteiger partial charge in [0, 0.05) is 32.9 Å². The van der Waals surface area contributed by atoms with Gasteiger partial charge in [-0.3, -0.25) is 0 Å². The quantitative estimate of drug-likeness (QED) is 0.247. The molecule has 0 amide bonds. The third-order valence-electron chi connectivity index (χ3n) is 6.78. The molecule has 0 spiro atoms. The minimum atomic E-state index is 1.18. The lowest BCUT2D eigenvalue weighted by Gasteiger charge is -2.12. The summed E-state index contributed by atoms with van der Waals surface area (Å²) in [5.41, 5.74) is 8.58. The van der Waals surface area contributed by atoms with Gasteiger partial charge < -0.3 is 9.13 Å². The van der Waals surface area contributed by atoms with Crippen molar-refractivity contribution in [2.75, 3.05) is 0 Å². The Morgan fingerprint density at radius 1 is 0.400 bits per heavy atom. The van der Waals surface area contributed by atoms with Gasteiger partial charge in [-0.15, -0.1) is 0 Å². The number of benzene rings is 5. The summed E-state index contributed by atoms with van der Waals surface area (Å²) in [5, 5.41) is 5.11. The predicted molar refractivity (Wildman–Crippen MR) is 151 cm³/mol. The number of nitrogens with zero attached hydrogens (tertiary/aromatic N) is 2. The molecule has 2 nitrogen and oxygen atoms in total. The molecule has 7 rings (SSSR count). The summed E-state index contributed by atoms with van der Waals surface area (Å²) in [6.45, 7) is 6.14. The van der Waals surface area contributed by atoms with E-state index in [1.54, 1.807) is 0 Å². The van der Waals surface area contributed by atoms with Crippen molar-refractivity contribution in [1.82, 2.24) is 9.13 Å². The van der Waals surface area contributed by atoms with E-state index in [-0.39, 0.29) is 0 Å². The molecule has 0 aliphatic rings. The van der Waals surface area contributed by atoms with Crippen LogP contribution in [0.5, 0.6) is 0 Å². The molecule has 0 atom stereocenters. The third kappa shape index (κ3) is 3.18. The van der Waals surface area contributed by atoms with Crippen LogP contribution >= 0.6 is 0 Å². The summed E-state index contributed by atoms with van der Waals surface area (Å²) in [7, 11) is 0. The predicted octanol–water partition coefficient (Wildman–Crippen LogP) is 9.22. The topological polar surface area (TPSA) is 9.86 Å². The molecule has 0 saturated carbocycles. The molecule has 0 unspecified atom stereocenters. The molecule has 0 N–H and O–H groups in total. The van der Waals surface area contributed by atoms with Crippen molar-refractivity contribution >= 4 is 43.6 Å². The zero-order valence-electron chi connectivity index (χ0n) is 20.4. The lowest BCUT2D eigenvalue weighted by Crippen LogP contribution is -1.98. The van der Waals surface area contributed by atoms with Crippen molar-refractivity contribution in [3.63, 3.8) is 0 Å². The second kappa shape index (κ2) is 8.48. The normalized spacial score (nSPS) is 11.3. The average Bonchev–Trinajstić information content (AvgIpc) is 3.44. The molecule has 0 saturated heterocycles. The van der Waals surface area contributed by atoms with E-state index >= 15 is 0 Å². The summed E-state index contributed by atoms with van der Waals surface area (Å²) in [5.74, 6) is 0. The van der Waals surface area contributed by atoms with E-state index in [1.165, 1.54) is 60.5 Å². The second-order valence-corrected chi connectivity index (χ2v) is 8.73. The molecule has 0 bridgehead atoms. The molecule has 170 valence electrons. The Balaban J connectivity index is 0.00000112. The van der Waals surface area contributed by atoms with Crippen molar-refractivity contribution in [3.8, 4) is 11.4 Å². The van der Waals surface area contributed by atoms with Gasteiger partial charge >= 0.3 is 0 Å². The first-order valence-corrected chi connectivity index (χ1v) is 12.4. The van der Waals surface area contributed by atoms with Gasteiger partial charge in [0.05, 0.1) is 22.1 Å². The number of rotatable bonds is 2. The molecular weight excluding hydrogens is 424 g/mol. The van der Waals surface area contributed by atoms with Gasteiger partial charge in [-0.2, -0.15) is 0 Å². The first-order chi connectivity index (χ1) is 17.3.